The molecule has 0 bridgehead atoms. The number of ether oxygens (including phenoxy) is 1. The molecule has 1 fully saturated rings. The van der Waals surface area contributed by atoms with Crippen molar-refractivity contribution in [2.75, 3.05) is 16.9 Å². The summed E-state index contributed by atoms with van der Waals surface area (Å²) in [5, 5.41) is 49.0. The highest BCUT2D eigenvalue weighted by Crippen LogP contribution is 2.33. The predicted octanol–water partition coefficient (Wildman–Crippen LogP) is 0.826. The number of aliphatic hydroxyl groups is 2. The first-order valence-corrected chi connectivity index (χ1v) is 10.5. The number of benzene rings is 2. The van der Waals surface area contributed by atoms with Crippen LogP contribution in [0.1, 0.15) is 0 Å². The van der Waals surface area contributed by atoms with E-state index < -0.39 is 36.2 Å². The molecule has 0 radical (unpaired) electrons. The number of hydrogen-bond donors (Lipinski definition) is 6. The van der Waals surface area contributed by atoms with Crippen LogP contribution in [0.3, 0.4) is 0 Å². The molecule has 34 heavy (non-hydrogen) atoms. The number of aromatic nitrogens is 3. The number of nitrogens with one attached hydrogen (secondary N) is 2. The number of anilines is 2. The number of aliphatic carboxylic acids is 2. The van der Waals surface area contributed by atoms with Crippen LogP contribution >= 0.6 is 12.2 Å². The summed E-state index contributed by atoms with van der Waals surface area (Å²) in [5.41, 5.74) is 1.69. The van der Waals surface area contributed by atoms with Crippen molar-refractivity contribution in [1.29, 1.82) is 0 Å². The normalized spacial score (nSPS) is 21.9. The Labute approximate surface area is 197 Å². The quantitative estimate of drug-likeness (QED) is 0.196. The zero-order valence-electron chi connectivity index (χ0n) is 17.5. The van der Waals surface area contributed by atoms with Gasteiger partial charge in [0.1, 0.15) is 24.3 Å². The largest absolute Gasteiger partial charge is 0.480 e. The number of aromatic amines is 1. The highest BCUT2D eigenvalue weighted by molar-refractivity contribution is 7.71. The monoisotopic (exact) mass is 487 g/mol. The molecular formula is C21H21N5O7S. The molecular weight excluding hydrogens is 466 g/mol. The molecule has 4 unspecified atom stereocenters. The molecule has 1 aliphatic rings. The Hall–Kier alpha value is -3.94. The van der Waals surface area contributed by atoms with Gasteiger partial charge >= 0.3 is 11.9 Å². The minimum atomic E-state index is -1.78. The van der Waals surface area contributed by atoms with E-state index in [9.17, 15) is 30.0 Å². The molecule has 3 aromatic rings. The molecule has 1 aromatic heterocycles. The molecule has 1 aliphatic heterocycles. The second-order valence-electron chi connectivity index (χ2n) is 7.50. The number of hydrogen-bond acceptors (Lipinski definition) is 9. The lowest BCUT2D eigenvalue weighted by Crippen LogP contribution is -2.47. The Kier molecular flexibility index (Phi) is 6.49. The number of carboxylic acids is 2. The van der Waals surface area contributed by atoms with Gasteiger partial charge in [0.15, 0.2) is 23.6 Å². The fraction of sp³-hybridized carbons (Fsp3) is 0.238. The first-order valence-electron chi connectivity index (χ1n) is 10.1. The van der Waals surface area contributed by atoms with Crippen molar-refractivity contribution in [3.8, 4) is 11.4 Å². The van der Waals surface area contributed by atoms with Crippen LogP contribution in [-0.4, -0.2) is 78.2 Å². The van der Waals surface area contributed by atoms with Crippen LogP contribution < -0.4 is 15.0 Å². The van der Waals surface area contributed by atoms with E-state index in [1.807, 2.05) is 24.3 Å². The van der Waals surface area contributed by atoms with Crippen LogP contribution in [0.2, 0.25) is 0 Å². The van der Waals surface area contributed by atoms with Gasteiger partial charge < -0.3 is 35.4 Å². The Bertz CT molecular complexity index is 1240. The van der Waals surface area contributed by atoms with E-state index >= 15 is 0 Å². The third kappa shape index (κ3) is 4.44. The van der Waals surface area contributed by atoms with Gasteiger partial charge in [-0.2, -0.15) is 5.10 Å². The molecule has 12 nitrogen and oxygen atoms in total. The maximum atomic E-state index is 11.7. The third-order valence-electron chi connectivity index (χ3n) is 5.41. The van der Waals surface area contributed by atoms with Crippen molar-refractivity contribution >= 4 is 35.5 Å². The van der Waals surface area contributed by atoms with E-state index in [1.165, 1.54) is 12.1 Å². The highest BCUT2D eigenvalue weighted by atomic mass is 32.1. The standard InChI is InChI=1S/C21H21N5O7S/c27-17-15(19(29)30)26(16(18(17)28)20(31)32)13-5-2-6-14(8-13)33-10-22-11-3-1-4-12(7-11)25-9-23-24-21(25)34/h1-9,15-18,22,27-28H,10H2,(H,24,34)(H,29,30)(H,31,32). The fourth-order valence-corrected chi connectivity index (χ4v) is 4.07. The molecule has 13 heteroatoms. The van der Waals surface area contributed by atoms with Crippen LogP contribution in [0.15, 0.2) is 54.9 Å². The summed E-state index contributed by atoms with van der Waals surface area (Å²) < 4.78 is 7.85. The molecule has 2 aromatic carbocycles. The van der Waals surface area contributed by atoms with Gasteiger partial charge in [-0.15, -0.1) is 0 Å². The zero-order valence-corrected chi connectivity index (χ0v) is 18.3. The maximum Gasteiger partial charge on any atom is 0.329 e. The molecule has 178 valence electrons. The second kappa shape index (κ2) is 9.51. The molecule has 4 atom stereocenters. The molecule has 0 spiro atoms. The molecule has 4 rings (SSSR count). The summed E-state index contributed by atoms with van der Waals surface area (Å²) in [7, 11) is 0. The van der Waals surface area contributed by atoms with Crippen LogP contribution in [0.25, 0.3) is 5.69 Å². The molecule has 2 heterocycles. The van der Waals surface area contributed by atoms with E-state index in [4.69, 9.17) is 17.0 Å². The second-order valence-corrected chi connectivity index (χ2v) is 7.89. The molecule has 6 N–H and O–H groups in total. The zero-order chi connectivity index (χ0) is 24.4. The number of carboxylic acid groups (broad SMARTS) is 2. The van der Waals surface area contributed by atoms with Gasteiger partial charge in [0, 0.05) is 17.4 Å². The van der Waals surface area contributed by atoms with Crippen molar-refractivity contribution in [3.05, 3.63) is 59.6 Å². The highest BCUT2D eigenvalue weighted by Gasteiger charge is 2.54. The summed E-state index contributed by atoms with van der Waals surface area (Å²) in [5.74, 6) is -2.59. The van der Waals surface area contributed by atoms with Gasteiger partial charge in [-0.05, 0) is 42.5 Å². The van der Waals surface area contributed by atoms with Gasteiger partial charge in [0.05, 0.1) is 5.69 Å². The van der Waals surface area contributed by atoms with E-state index in [1.54, 1.807) is 23.0 Å². The molecule has 1 saturated heterocycles. The third-order valence-corrected chi connectivity index (χ3v) is 5.70. The van der Waals surface area contributed by atoms with Crippen molar-refractivity contribution < 1.29 is 34.8 Å². The first kappa shape index (κ1) is 23.2. The lowest BCUT2D eigenvalue weighted by Gasteiger charge is -2.28. The van der Waals surface area contributed by atoms with Crippen LogP contribution in [-0.2, 0) is 9.59 Å². The van der Waals surface area contributed by atoms with Crippen molar-refractivity contribution in [1.82, 2.24) is 14.8 Å². The number of rotatable bonds is 8. The molecule has 0 aliphatic carbocycles. The number of H-pyrrole nitrogens is 1. The molecule has 0 saturated carbocycles. The Balaban J connectivity index is 1.49. The van der Waals surface area contributed by atoms with Gasteiger partial charge in [0.2, 0.25) is 0 Å². The minimum absolute atomic E-state index is 0.0413. The van der Waals surface area contributed by atoms with Gasteiger partial charge in [-0.25, -0.2) is 9.59 Å². The summed E-state index contributed by atoms with van der Waals surface area (Å²) in [6.45, 7) is 0.0413. The number of carbonyl (C=O) groups is 2. The van der Waals surface area contributed by atoms with E-state index in [0.29, 0.717) is 10.5 Å². The first-order chi connectivity index (χ1) is 16.3. The van der Waals surface area contributed by atoms with Crippen molar-refractivity contribution in [2.24, 2.45) is 0 Å². The van der Waals surface area contributed by atoms with E-state index in [2.05, 4.69) is 15.5 Å². The van der Waals surface area contributed by atoms with Crippen LogP contribution in [0.4, 0.5) is 11.4 Å². The van der Waals surface area contributed by atoms with Crippen LogP contribution in [0.5, 0.6) is 5.75 Å². The Morgan fingerprint density at radius 2 is 1.68 bits per heavy atom. The number of aliphatic hydroxyl groups excluding tert-OH is 2. The minimum Gasteiger partial charge on any atom is -0.480 e. The van der Waals surface area contributed by atoms with Crippen LogP contribution in [0, 0.1) is 4.77 Å². The Morgan fingerprint density at radius 1 is 1.03 bits per heavy atom. The van der Waals surface area contributed by atoms with E-state index in [-0.39, 0.29) is 12.4 Å². The van der Waals surface area contributed by atoms with Crippen molar-refractivity contribution in [3.63, 3.8) is 0 Å². The lowest BCUT2D eigenvalue weighted by atomic mass is 10.1. The average molecular weight is 487 g/mol. The summed E-state index contributed by atoms with van der Waals surface area (Å²) in [6, 6.07) is 10.2. The maximum absolute atomic E-state index is 11.7. The summed E-state index contributed by atoms with van der Waals surface area (Å²) >= 11 is 5.17. The van der Waals surface area contributed by atoms with Gasteiger partial charge in [-0.1, -0.05) is 12.1 Å². The average Bonchev–Trinajstić information content (AvgIpc) is 3.35. The SMILES string of the molecule is O=C(O)C1C(O)C(O)C(C(=O)O)N1c1cccc(OCNc2cccc(-n3cn[nH]c3=S)c2)c1. The Morgan fingerprint density at radius 3 is 2.29 bits per heavy atom. The smallest absolute Gasteiger partial charge is 0.329 e. The summed E-state index contributed by atoms with van der Waals surface area (Å²) in [4.78, 5) is 24.4. The van der Waals surface area contributed by atoms with E-state index in [0.717, 1.165) is 16.3 Å². The fourth-order valence-electron chi connectivity index (χ4n) is 3.86. The van der Waals surface area contributed by atoms with Gasteiger partial charge in [0.25, 0.3) is 0 Å². The lowest BCUT2D eigenvalue weighted by molar-refractivity contribution is -0.143. The summed E-state index contributed by atoms with van der Waals surface area (Å²) in [6.07, 6.45) is -1.99. The molecule has 0 amide bonds. The predicted molar refractivity (Wildman–Crippen MR) is 122 cm³/mol. The van der Waals surface area contributed by atoms with Crippen molar-refractivity contribution in [2.45, 2.75) is 24.3 Å². The van der Waals surface area contributed by atoms with Gasteiger partial charge in [-0.3, -0.25) is 9.67 Å². The topological polar surface area (TPSA) is 173 Å². The number of nitrogens with zero attached hydrogens (tertiary/aromatic N) is 3.